The second-order valence-corrected chi connectivity index (χ2v) is 7.57. The highest BCUT2D eigenvalue weighted by atomic mass is 19.4. The quantitative estimate of drug-likeness (QED) is 0.340. The van der Waals surface area contributed by atoms with E-state index in [1.54, 1.807) is 12.1 Å². The lowest BCUT2D eigenvalue weighted by Gasteiger charge is -2.14. The lowest BCUT2D eigenvalue weighted by Crippen LogP contribution is -2.22. The van der Waals surface area contributed by atoms with Gasteiger partial charge in [-0.3, -0.25) is 9.59 Å². The van der Waals surface area contributed by atoms with Gasteiger partial charge in [-0.15, -0.1) is 0 Å². The van der Waals surface area contributed by atoms with E-state index < -0.39 is 24.3 Å². The third-order valence-corrected chi connectivity index (χ3v) is 5.15. The van der Waals surface area contributed by atoms with Gasteiger partial charge in [-0.1, -0.05) is 31.2 Å². The van der Waals surface area contributed by atoms with Crippen molar-refractivity contribution in [3.8, 4) is 17.2 Å². The van der Waals surface area contributed by atoms with Gasteiger partial charge in [0.15, 0.2) is 6.61 Å². The highest BCUT2D eigenvalue weighted by Crippen LogP contribution is 2.34. The first-order valence-electron chi connectivity index (χ1n) is 10.7. The summed E-state index contributed by atoms with van der Waals surface area (Å²) in [5.74, 6) is -0.0742. The lowest BCUT2D eigenvalue weighted by molar-refractivity contribution is -0.137. The van der Waals surface area contributed by atoms with Gasteiger partial charge in [0, 0.05) is 6.07 Å². The smallest absolute Gasteiger partial charge is 0.418 e. The van der Waals surface area contributed by atoms with Crippen molar-refractivity contribution >= 4 is 22.6 Å². The molecule has 0 bridgehead atoms. The minimum atomic E-state index is -4.61. The summed E-state index contributed by atoms with van der Waals surface area (Å²) in [6.45, 7) is 1.49. The van der Waals surface area contributed by atoms with Crippen molar-refractivity contribution in [2.75, 3.05) is 11.9 Å². The Kier molecular flexibility index (Phi) is 6.77. The Morgan fingerprint density at radius 1 is 1.00 bits per heavy atom. The summed E-state index contributed by atoms with van der Waals surface area (Å²) in [5, 5.41) is 2.44. The average molecular weight is 483 g/mol. The molecule has 0 aliphatic carbocycles. The molecule has 35 heavy (non-hydrogen) atoms. The van der Waals surface area contributed by atoms with Crippen LogP contribution in [0.1, 0.15) is 18.1 Å². The van der Waals surface area contributed by atoms with Crippen LogP contribution in [-0.2, 0) is 17.4 Å². The minimum absolute atomic E-state index is 0.0122. The van der Waals surface area contributed by atoms with Gasteiger partial charge in [0.25, 0.3) is 5.91 Å². The zero-order valence-corrected chi connectivity index (χ0v) is 18.5. The van der Waals surface area contributed by atoms with Gasteiger partial charge in [0.05, 0.1) is 16.6 Å². The van der Waals surface area contributed by atoms with E-state index in [1.165, 1.54) is 36.6 Å². The Morgan fingerprint density at radius 2 is 1.71 bits per heavy atom. The van der Waals surface area contributed by atoms with Crippen LogP contribution in [0.25, 0.3) is 11.0 Å². The van der Waals surface area contributed by atoms with Crippen molar-refractivity contribution in [2.45, 2.75) is 19.5 Å². The topological polar surface area (TPSA) is 77.8 Å². The number of hydrogen-bond acceptors (Lipinski definition) is 5. The predicted octanol–water partition coefficient (Wildman–Crippen LogP) is 6.18. The first kappa shape index (κ1) is 23.9. The number of anilines is 1. The number of carbonyl (C=O) groups excluding carboxylic acids is 1. The molecule has 0 fully saturated rings. The minimum Gasteiger partial charge on any atom is -0.484 e. The number of ether oxygens (including phenoxy) is 2. The van der Waals surface area contributed by atoms with Crippen LogP contribution in [0.2, 0.25) is 0 Å². The predicted molar refractivity (Wildman–Crippen MR) is 124 cm³/mol. The summed E-state index contributed by atoms with van der Waals surface area (Å²) >= 11 is 0. The molecule has 1 N–H and O–H groups in total. The van der Waals surface area contributed by atoms with E-state index in [9.17, 15) is 22.8 Å². The van der Waals surface area contributed by atoms with Gasteiger partial charge < -0.3 is 19.2 Å². The number of carbonyl (C=O) groups is 1. The average Bonchev–Trinajstić information content (AvgIpc) is 2.84. The number of fused-ring (bicyclic) bond motifs is 1. The monoisotopic (exact) mass is 483 g/mol. The second-order valence-electron chi connectivity index (χ2n) is 7.57. The summed E-state index contributed by atoms with van der Waals surface area (Å²) in [7, 11) is 0. The van der Waals surface area contributed by atoms with Crippen LogP contribution in [0, 0.1) is 0 Å². The molecule has 4 rings (SSSR count). The number of rotatable bonds is 7. The number of alkyl halides is 3. The van der Waals surface area contributed by atoms with Gasteiger partial charge in [0.1, 0.15) is 23.3 Å². The Morgan fingerprint density at radius 3 is 2.43 bits per heavy atom. The van der Waals surface area contributed by atoms with Gasteiger partial charge in [-0.05, 0) is 48.4 Å². The van der Waals surface area contributed by atoms with E-state index in [4.69, 9.17) is 13.9 Å². The van der Waals surface area contributed by atoms with Crippen molar-refractivity contribution in [1.29, 1.82) is 0 Å². The Balaban J connectivity index is 1.44. The fraction of sp³-hybridized carbons (Fsp3) is 0.154. The van der Waals surface area contributed by atoms with Crippen LogP contribution in [0.4, 0.5) is 18.9 Å². The number of para-hydroxylation sites is 1. The molecule has 0 atom stereocenters. The third-order valence-electron chi connectivity index (χ3n) is 5.15. The van der Waals surface area contributed by atoms with Crippen LogP contribution in [-0.4, -0.2) is 12.5 Å². The van der Waals surface area contributed by atoms with Crippen LogP contribution in [0.15, 0.2) is 82.2 Å². The zero-order valence-electron chi connectivity index (χ0n) is 18.5. The molecular weight excluding hydrogens is 463 g/mol. The number of halogens is 3. The lowest BCUT2D eigenvalue weighted by atomic mass is 10.1. The van der Waals surface area contributed by atoms with Crippen LogP contribution in [0.3, 0.4) is 0 Å². The first-order chi connectivity index (χ1) is 16.7. The molecule has 0 aliphatic rings. The van der Waals surface area contributed by atoms with Crippen LogP contribution < -0.4 is 20.2 Å². The summed E-state index contributed by atoms with van der Waals surface area (Å²) in [5.41, 5.74) is -0.383. The number of hydrogen-bond donors (Lipinski definition) is 1. The molecule has 6 nitrogen and oxygen atoms in total. The molecule has 0 aliphatic heterocycles. The molecule has 1 amide bonds. The third kappa shape index (κ3) is 5.63. The molecule has 4 aromatic rings. The maximum absolute atomic E-state index is 13.1. The van der Waals surface area contributed by atoms with E-state index in [1.807, 2.05) is 19.1 Å². The van der Waals surface area contributed by atoms with Crippen molar-refractivity contribution in [2.24, 2.45) is 0 Å². The zero-order chi connectivity index (χ0) is 25.0. The maximum atomic E-state index is 13.1. The van der Waals surface area contributed by atoms with Crippen molar-refractivity contribution < 1.29 is 31.9 Å². The SMILES string of the molecule is CCc1ccc(Oc2coc3cc(OCC(=O)Nc4ccccc4C(F)(F)F)ccc3c2=O)cc1. The van der Waals surface area contributed by atoms with Gasteiger partial charge in [0.2, 0.25) is 11.2 Å². The highest BCUT2D eigenvalue weighted by Gasteiger charge is 2.33. The highest BCUT2D eigenvalue weighted by molar-refractivity contribution is 5.92. The number of nitrogens with one attached hydrogen (secondary N) is 1. The molecule has 0 radical (unpaired) electrons. The number of benzene rings is 3. The summed E-state index contributed by atoms with van der Waals surface area (Å²) in [6, 6.07) is 16.3. The first-order valence-corrected chi connectivity index (χ1v) is 10.7. The van der Waals surface area contributed by atoms with E-state index in [0.29, 0.717) is 5.75 Å². The van der Waals surface area contributed by atoms with Gasteiger partial charge in [-0.25, -0.2) is 0 Å². The Bertz CT molecular complexity index is 1410. The van der Waals surface area contributed by atoms with E-state index >= 15 is 0 Å². The van der Waals surface area contributed by atoms with Crippen molar-refractivity contribution in [1.82, 2.24) is 0 Å². The molecule has 1 heterocycles. The van der Waals surface area contributed by atoms with E-state index in [0.717, 1.165) is 24.1 Å². The summed E-state index contributed by atoms with van der Waals surface area (Å²) in [6.07, 6.45) is -2.55. The fourth-order valence-electron chi connectivity index (χ4n) is 3.35. The molecule has 1 aromatic heterocycles. The Labute approximate surface area is 197 Å². The molecule has 9 heteroatoms. The van der Waals surface area contributed by atoms with Crippen molar-refractivity contribution in [3.05, 3.63) is 94.3 Å². The molecule has 0 spiro atoms. The molecule has 0 unspecified atom stereocenters. The van der Waals surface area contributed by atoms with Crippen LogP contribution >= 0.6 is 0 Å². The molecule has 0 saturated heterocycles. The Hall–Kier alpha value is -4.27. The van der Waals surface area contributed by atoms with Gasteiger partial charge in [-0.2, -0.15) is 13.2 Å². The molecular formula is C26H20F3NO5. The van der Waals surface area contributed by atoms with E-state index in [2.05, 4.69) is 5.32 Å². The normalized spacial score (nSPS) is 11.3. The second kappa shape index (κ2) is 9.92. The summed E-state index contributed by atoms with van der Waals surface area (Å²) in [4.78, 5) is 24.9. The van der Waals surface area contributed by atoms with E-state index in [-0.39, 0.29) is 33.6 Å². The molecule has 0 saturated carbocycles. The standard InChI is InChI=1S/C26H20F3NO5/c1-2-16-7-9-17(10-8-16)35-23-14-34-22-13-18(11-12-19(22)25(23)32)33-15-24(31)30-21-6-4-3-5-20(21)26(27,28)29/h3-14H,2,15H2,1H3,(H,30,31). The van der Waals surface area contributed by atoms with Crippen LogP contribution in [0.5, 0.6) is 17.2 Å². The molecule has 180 valence electrons. The number of amides is 1. The summed E-state index contributed by atoms with van der Waals surface area (Å²) < 4.78 is 55.8. The van der Waals surface area contributed by atoms with Crippen molar-refractivity contribution in [3.63, 3.8) is 0 Å². The fourth-order valence-corrected chi connectivity index (χ4v) is 3.35. The van der Waals surface area contributed by atoms with Gasteiger partial charge >= 0.3 is 6.18 Å². The largest absolute Gasteiger partial charge is 0.484 e. The molecule has 3 aromatic carbocycles. The maximum Gasteiger partial charge on any atom is 0.418 e. The number of aryl methyl sites for hydroxylation is 1.